The number of rotatable bonds is 5. The van der Waals surface area contributed by atoms with Gasteiger partial charge in [-0.2, -0.15) is 0 Å². The summed E-state index contributed by atoms with van der Waals surface area (Å²) in [6.45, 7) is 9.23. The molecule has 150 valence electrons. The maximum absolute atomic E-state index is 11.5. The van der Waals surface area contributed by atoms with Crippen molar-refractivity contribution >= 4 is 34.4 Å². The highest BCUT2D eigenvalue weighted by atomic mass is 35.5. The Morgan fingerprint density at radius 3 is 2.71 bits per heavy atom. The van der Waals surface area contributed by atoms with E-state index in [-0.39, 0.29) is 5.78 Å². The molecule has 1 aromatic carbocycles. The first-order valence-electron chi connectivity index (χ1n) is 10.1. The molecule has 2 saturated heterocycles. The van der Waals surface area contributed by atoms with Gasteiger partial charge in [-0.15, -0.1) is 11.3 Å². The molecule has 28 heavy (non-hydrogen) atoms. The first-order valence-corrected chi connectivity index (χ1v) is 11.4. The van der Waals surface area contributed by atoms with Gasteiger partial charge in [0, 0.05) is 56.0 Å². The molecule has 6 heteroatoms. The minimum absolute atomic E-state index is 0.172. The summed E-state index contributed by atoms with van der Waals surface area (Å²) < 4.78 is 0. The predicted molar refractivity (Wildman–Crippen MR) is 118 cm³/mol. The fourth-order valence-corrected chi connectivity index (χ4v) is 5.38. The van der Waals surface area contributed by atoms with E-state index in [4.69, 9.17) is 11.6 Å². The Labute approximate surface area is 176 Å². The highest BCUT2D eigenvalue weighted by Crippen LogP contribution is 2.24. The molecule has 2 aromatic rings. The van der Waals surface area contributed by atoms with E-state index in [1.54, 1.807) is 18.3 Å². The number of halogens is 1. The first kappa shape index (κ1) is 19.9. The Kier molecular flexibility index (Phi) is 6.36. The van der Waals surface area contributed by atoms with Gasteiger partial charge in [0.25, 0.3) is 0 Å². The summed E-state index contributed by atoms with van der Waals surface area (Å²) in [7, 11) is 0. The molecule has 0 amide bonds. The molecule has 2 aliphatic rings. The number of hydrogen-bond donors (Lipinski definition) is 0. The summed E-state index contributed by atoms with van der Waals surface area (Å²) in [6, 6.07) is 10.9. The van der Waals surface area contributed by atoms with Crippen LogP contribution >= 0.6 is 22.9 Å². The van der Waals surface area contributed by atoms with Crippen molar-refractivity contribution in [2.24, 2.45) is 0 Å². The predicted octanol–water partition coefficient (Wildman–Crippen LogP) is 4.39. The summed E-state index contributed by atoms with van der Waals surface area (Å²) in [5, 5.41) is 2.95. The van der Waals surface area contributed by atoms with E-state index in [1.165, 1.54) is 24.1 Å². The lowest BCUT2D eigenvalue weighted by atomic mass is 10.0. The van der Waals surface area contributed by atoms with Gasteiger partial charge in [-0.3, -0.25) is 14.6 Å². The van der Waals surface area contributed by atoms with Crippen LogP contribution in [0.5, 0.6) is 0 Å². The van der Waals surface area contributed by atoms with Gasteiger partial charge in [0.2, 0.25) is 0 Å². The highest BCUT2D eigenvalue weighted by molar-refractivity contribution is 7.12. The number of piperidine rings is 1. The molecule has 1 aromatic heterocycles. The normalized spacial score (nSPS) is 21.8. The zero-order valence-electron chi connectivity index (χ0n) is 16.4. The van der Waals surface area contributed by atoms with Crippen LogP contribution in [0.15, 0.2) is 35.7 Å². The van der Waals surface area contributed by atoms with Gasteiger partial charge < -0.3 is 4.90 Å². The van der Waals surface area contributed by atoms with Crippen LogP contribution in [-0.2, 0) is 6.54 Å². The minimum atomic E-state index is 0.172. The van der Waals surface area contributed by atoms with Crippen molar-refractivity contribution in [3.8, 4) is 0 Å². The molecular weight excluding hydrogens is 390 g/mol. The number of hydrogen-bond acceptors (Lipinski definition) is 5. The molecule has 0 saturated carbocycles. The first-order chi connectivity index (χ1) is 13.6. The number of Topliss-reactive ketones (excluding diaryl/α,β-unsaturated/α-hetero) is 1. The van der Waals surface area contributed by atoms with Crippen LogP contribution in [0.1, 0.15) is 35.0 Å². The van der Waals surface area contributed by atoms with Crippen LogP contribution in [0.25, 0.3) is 0 Å². The van der Waals surface area contributed by atoms with E-state index in [0.29, 0.717) is 6.04 Å². The number of nitrogens with zero attached hydrogens (tertiary/aromatic N) is 3. The SMILES string of the molecule is CC(=O)c1cc(CN2CCCC(N3CCN(c4cccc(Cl)c4)CC3)C2)cs1. The van der Waals surface area contributed by atoms with Gasteiger partial charge in [0.05, 0.1) is 4.88 Å². The monoisotopic (exact) mass is 417 g/mol. The molecule has 0 bridgehead atoms. The number of thiophene rings is 1. The Morgan fingerprint density at radius 1 is 1.18 bits per heavy atom. The second-order valence-electron chi connectivity index (χ2n) is 7.91. The van der Waals surface area contributed by atoms with Gasteiger partial charge in [0.1, 0.15) is 0 Å². The Bertz CT molecular complexity index is 816. The standard InChI is InChI=1S/C22H28ClN3OS/c1-17(27)22-12-18(16-28-22)14-24-7-3-6-21(15-24)26-10-8-25(9-11-26)20-5-2-4-19(23)13-20/h2,4-5,12-13,16,21H,3,6-11,14-15H2,1H3. The van der Waals surface area contributed by atoms with E-state index in [2.05, 4.69) is 38.3 Å². The number of likely N-dealkylation sites (tertiary alicyclic amines) is 1. The number of ketones is 1. The van der Waals surface area contributed by atoms with Crippen molar-refractivity contribution in [2.45, 2.75) is 32.4 Å². The van der Waals surface area contributed by atoms with Crippen molar-refractivity contribution in [3.63, 3.8) is 0 Å². The zero-order valence-corrected chi connectivity index (χ0v) is 18.0. The van der Waals surface area contributed by atoms with Crippen LogP contribution in [-0.4, -0.2) is 60.9 Å². The topological polar surface area (TPSA) is 26.8 Å². The van der Waals surface area contributed by atoms with Gasteiger partial charge >= 0.3 is 0 Å². The Hall–Kier alpha value is -1.40. The molecule has 1 atom stereocenters. The third kappa shape index (κ3) is 4.77. The van der Waals surface area contributed by atoms with Crippen LogP contribution in [0.4, 0.5) is 5.69 Å². The van der Waals surface area contributed by atoms with E-state index in [9.17, 15) is 4.79 Å². The molecule has 1 unspecified atom stereocenters. The quantitative estimate of drug-likeness (QED) is 0.674. The summed E-state index contributed by atoms with van der Waals surface area (Å²) in [6.07, 6.45) is 2.54. The van der Waals surface area contributed by atoms with E-state index < -0.39 is 0 Å². The molecule has 0 radical (unpaired) electrons. The van der Waals surface area contributed by atoms with Crippen molar-refractivity contribution < 1.29 is 4.79 Å². The molecule has 0 N–H and O–H groups in total. The summed E-state index contributed by atoms with van der Waals surface area (Å²) in [5.74, 6) is 0.172. The average molecular weight is 418 g/mol. The number of carbonyl (C=O) groups is 1. The van der Waals surface area contributed by atoms with Crippen LogP contribution in [0.2, 0.25) is 5.02 Å². The number of carbonyl (C=O) groups excluding carboxylic acids is 1. The lowest BCUT2D eigenvalue weighted by Crippen LogP contribution is -2.55. The lowest BCUT2D eigenvalue weighted by Gasteiger charge is -2.44. The summed E-state index contributed by atoms with van der Waals surface area (Å²) in [4.78, 5) is 20.1. The van der Waals surface area contributed by atoms with Gasteiger partial charge in [0.15, 0.2) is 5.78 Å². The maximum atomic E-state index is 11.5. The minimum Gasteiger partial charge on any atom is -0.369 e. The smallest absolute Gasteiger partial charge is 0.169 e. The van der Waals surface area contributed by atoms with Crippen molar-refractivity contribution in [2.75, 3.05) is 44.2 Å². The molecular formula is C22H28ClN3OS. The summed E-state index contributed by atoms with van der Waals surface area (Å²) >= 11 is 7.73. The molecule has 2 aliphatic heterocycles. The fraction of sp³-hybridized carbons (Fsp3) is 0.500. The van der Waals surface area contributed by atoms with Crippen LogP contribution < -0.4 is 4.90 Å². The average Bonchev–Trinajstić information content (AvgIpc) is 3.17. The zero-order chi connectivity index (χ0) is 19.5. The molecule has 2 fully saturated rings. The second kappa shape index (κ2) is 8.95. The van der Waals surface area contributed by atoms with E-state index in [0.717, 1.165) is 55.7 Å². The molecule has 3 heterocycles. The lowest BCUT2D eigenvalue weighted by molar-refractivity contribution is 0.0888. The third-order valence-electron chi connectivity index (χ3n) is 5.89. The Morgan fingerprint density at radius 2 is 2.00 bits per heavy atom. The molecule has 4 rings (SSSR count). The van der Waals surface area contributed by atoms with Gasteiger partial charge in [-0.1, -0.05) is 17.7 Å². The molecule has 4 nitrogen and oxygen atoms in total. The molecule has 0 spiro atoms. The second-order valence-corrected chi connectivity index (χ2v) is 9.26. The number of benzene rings is 1. The van der Waals surface area contributed by atoms with Crippen molar-refractivity contribution in [1.29, 1.82) is 0 Å². The van der Waals surface area contributed by atoms with Crippen molar-refractivity contribution in [1.82, 2.24) is 9.80 Å². The van der Waals surface area contributed by atoms with Gasteiger partial charge in [-0.05, 0) is 61.5 Å². The van der Waals surface area contributed by atoms with Crippen LogP contribution in [0.3, 0.4) is 0 Å². The number of piperazine rings is 1. The molecule has 0 aliphatic carbocycles. The van der Waals surface area contributed by atoms with Crippen molar-refractivity contribution in [3.05, 3.63) is 51.2 Å². The van der Waals surface area contributed by atoms with Crippen LogP contribution in [0, 0.1) is 0 Å². The largest absolute Gasteiger partial charge is 0.369 e. The van der Waals surface area contributed by atoms with E-state index in [1.807, 2.05) is 12.1 Å². The summed E-state index contributed by atoms with van der Waals surface area (Å²) in [5.41, 5.74) is 2.51. The van der Waals surface area contributed by atoms with E-state index >= 15 is 0 Å². The Balaban J connectivity index is 1.30. The number of anilines is 1. The fourth-order valence-electron chi connectivity index (χ4n) is 4.39. The third-order valence-corrected chi connectivity index (χ3v) is 7.21. The maximum Gasteiger partial charge on any atom is 0.169 e. The highest BCUT2D eigenvalue weighted by Gasteiger charge is 2.28. The van der Waals surface area contributed by atoms with Gasteiger partial charge in [-0.25, -0.2) is 0 Å².